The highest BCUT2D eigenvalue weighted by Gasteiger charge is 2.65. The van der Waals surface area contributed by atoms with Crippen molar-refractivity contribution in [1.82, 2.24) is 20.9 Å². The van der Waals surface area contributed by atoms with Crippen molar-refractivity contribution in [2.45, 2.75) is 59.0 Å². The second kappa shape index (κ2) is 5.61. The molecule has 1 saturated carbocycles. The highest BCUT2D eigenvalue weighted by molar-refractivity contribution is 6.07. The van der Waals surface area contributed by atoms with Crippen LogP contribution in [0.15, 0.2) is 4.99 Å². The van der Waals surface area contributed by atoms with Crippen LogP contribution in [0.3, 0.4) is 0 Å². The minimum absolute atomic E-state index is 0.141. The lowest BCUT2D eigenvalue weighted by molar-refractivity contribution is -0.125. The Morgan fingerprint density at radius 2 is 1.68 bits per heavy atom. The van der Waals surface area contributed by atoms with Gasteiger partial charge in [-0.25, -0.2) is 4.79 Å². The molecule has 1 atom stereocenters. The van der Waals surface area contributed by atoms with Crippen LogP contribution in [0, 0.1) is 16.7 Å². The molecule has 0 aromatic carbocycles. The van der Waals surface area contributed by atoms with Gasteiger partial charge >= 0.3 is 6.03 Å². The van der Waals surface area contributed by atoms with Gasteiger partial charge in [0.05, 0.1) is 0 Å². The number of hydrogen-bond acceptors (Lipinski definition) is 3. The predicted molar refractivity (Wildman–Crippen MR) is 97.2 cm³/mol. The van der Waals surface area contributed by atoms with E-state index in [4.69, 9.17) is 0 Å². The van der Waals surface area contributed by atoms with E-state index < -0.39 is 5.54 Å². The second-order valence-electron chi connectivity index (χ2n) is 8.94. The number of aliphatic imine (C=N–C) groups is 1. The Morgan fingerprint density at radius 3 is 2.08 bits per heavy atom. The topological polar surface area (TPSA) is 85.8 Å². The summed E-state index contributed by atoms with van der Waals surface area (Å²) in [7, 11) is 1.82. The summed E-state index contributed by atoms with van der Waals surface area (Å²) in [5, 5.41) is 8.80. The zero-order chi connectivity index (χ0) is 18.6. The molecule has 1 unspecified atom stereocenters. The molecule has 3 amide bonds. The molecule has 0 aromatic heterocycles. The summed E-state index contributed by atoms with van der Waals surface area (Å²) in [5.41, 5.74) is -0.289. The van der Waals surface area contributed by atoms with Crippen LogP contribution in [0.2, 0.25) is 0 Å². The molecule has 2 aliphatic heterocycles. The number of rotatable bonds is 2. The molecule has 0 aromatic rings. The zero-order valence-electron chi connectivity index (χ0n) is 16.2. The molecule has 3 rings (SSSR count). The number of nitrogens with zero attached hydrogens (tertiary/aromatic N) is 2. The average molecular weight is 349 g/mol. The number of carbonyl (C=O) groups is 2. The van der Waals surface area contributed by atoms with Crippen LogP contribution in [0.4, 0.5) is 4.79 Å². The van der Waals surface area contributed by atoms with Crippen LogP contribution in [0.1, 0.15) is 47.5 Å². The molecule has 2 heterocycles. The molecular formula is C18H31N5O2. The van der Waals surface area contributed by atoms with Crippen molar-refractivity contribution < 1.29 is 9.59 Å². The zero-order valence-corrected chi connectivity index (χ0v) is 16.2. The molecule has 25 heavy (non-hydrogen) atoms. The fraction of sp³-hybridized carbons (Fsp3) is 0.833. The number of amides is 3. The first-order chi connectivity index (χ1) is 11.5. The molecule has 0 spiro atoms. The van der Waals surface area contributed by atoms with Gasteiger partial charge in [-0.05, 0) is 36.5 Å². The number of nitrogens with one attached hydrogen (secondary N) is 3. The van der Waals surface area contributed by atoms with Gasteiger partial charge in [-0.15, -0.1) is 0 Å². The molecule has 140 valence electrons. The molecular weight excluding hydrogens is 318 g/mol. The van der Waals surface area contributed by atoms with Gasteiger partial charge in [-0.2, -0.15) is 0 Å². The van der Waals surface area contributed by atoms with E-state index in [0.717, 1.165) is 31.9 Å². The summed E-state index contributed by atoms with van der Waals surface area (Å²) in [6, 6.07) is 0.0273. The predicted octanol–water partition coefficient (Wildman–Crippen LogP) is 1.31. The quantitative estimate of drug-likeness (QED) is 0.399. The summed E-state index contributed by atoms with van der Waals surface area (Å²) in [5.74, 6) is 0.870. The van der Waals surface area contributed by atoms with Gasteiger partial charge in [0, 0.05) is 26.2 Å². The van der Waals surface area contributed by atoms with E-state index in [-0.39, 0.29) is 28.7 Å². The molecule has 3 N–H and O–H groups in total. The normalized spacial score (nSPS) is 32.4. The highest BCUT2D eigenvalue weighted by Crippen LogP contribution is 2.62. The molecule has 7 nitrogen and oxygen atoms in total. The maximum atomic E-state index is 12.1. The first kappa shape index (κ1) is 18.0. The molecule has 0 radical (unpaired) electrons. The number of imide groups is 1. The van der Waals surface area contributed by atoms with Gasteiger partial charge in [0.1, 0.15) is 5.54 Å². The molecule has 0 bridgehead atoms. The van der Waals surface area contributed by atoms with Crippen molar-refractivity contribution in [2.24, 2.45) is 21.7 Å². The Labute approximate surface area is 150 Å². The average Bonchev–Trinajstić information content (AvgIpc) is 2.77. The Morgan fingerprint density at radius 1 is 1.12 bits per heavy atom. The third kappa shape index (κ3) is 2.68. The summed E-state index contributed by atoms with van der Waals surface area (Å²) >= 11 is 0. The first-order valence-electron chi connectivity index (χ1n) is 9.16. The summed E-state index contributed by atoms with van der Waals surface area (Å²) in [4.78, 5) is 30.4. The first-order valence-corrected chi connectivity index (χ1v) is 9.16. The van der Waals surface area contributed by atoms with E-state index >= 15 is 0 Å². The minimum Gasteiger partial charge on any atom is -0.352 e. The smallest absolute Gasteiger partial charge is 0.322 e. The van der Waals surface area contributed by atoms with E-state index in [0.29, 0.717) is 6.04 Å². The van der Waals surface area contributed by atoms with Crippen molar-refractivity contribution in [1.29, 1.82) is 0 Å². The van der Waals surface area contributed by atoms with Gasteiger partial charge < -0.3 is 15.5 Å². The Balaban J connectivity index is 1.60. The molecule has 3 fully saturated rings. The lowest BCUT2D eigenvalue weighted by Gasteiger charge is -2.39. The van der Waals surface area contributed by atoms with E-state index in [9.17, 15) is 9.59 Å². The number of hydrogen-bond donors (Lipinski definition) is 3. The minimum atomic E-state index is -0.791. The fourth-order valence-electron chi connectivity index (χ4n) is 4.50. The van der Waals surface area contributed by atoms with Gasteiger partial charge in [-0.3, -0.25) is 15.1 Å². The highest BCUT2D eigenvalue weighted by atomic mass is 16.2. The van der Waals surface area contributed by atoms with Crippen LogP contribution < -0.4 is 16.0 Å². The van der Waals surface area contributed by atoms with Crippen LogP contribution in [0.5, 0.6) is 0 Å². The van der Waals surface area contributed by atoms with Crippen molar-refractivity contribution in [3.63, 3.8) is 0 Å². The van der Waals surface area contributed by atoms with Crippen molar-refractivity contribution in [3.8, 4) is 0 Å². The Kier molecular flexibility index (Phi) is 4.04. The lowest BCUT2D eigenvalue weighted by Crippen LogP contribution is -2.55. The van der Waals surface area contributed by atoms with Crippen molar-refractivity contribution in [2.75, 3.05) is 20.1 Å². The molecule has 2 saturated heterocycles. The number of carbonyl (C=O) groups excluding carboxylic acids is 2. The van der Waals surface area contributed by atoms with Crippen LogP contribution in [0.25, 0.3) is 0 Å². The number of piperidine rings is 1. The van der Waals surface area contributed by atoms with Gasteiger partial charge in [0.25, 0.3) is 5.91 Å². The van der Waals surface area contributed by atoms with Crippen LogP contribution in [-0.4, -0.2) is 54.5 Å². The second-order valence-corrected chi connectivity index (χ2v) is 8.94. The number of likely N-dealkylation sites (tertiary alicyclic amines) is 1. The van der Waals surface area contributed by atoms with Gasteiger partial charge in [0.2, 0.25) is 0 Å². The fourth-order valence-corrected chi connectivity index (χ4v) is 4.50. The molecule has 1 aliphatic carbocycles. The van der Waals surface area contributed by atoms with Gasteiger partial charge in [0.15, 0.2) is 5.96 Å². The third-order valence-corrected chi connectivity index (χ3v) is 7.19. The SMILES string of the molecule is CN=C(NC1C(C)(C)C1(C)C)N1CCC(C2(C)NC(=O)NC2=O)CC1. The maximum Gasteiger partial charge on any atom is 0.322 e. The summed E-state index contributed by atoms with van der Waals surface area (Å²) < 4.78 is 0. The third-order valence-electron chi connectivity index (χ3n) is 7.19. The van der Waals surface area contributed by atoms with Crippen LogP contribution >= 0.6 is 0 Å². The summed E-state index contributed by atoms with van der Waals surface area (Å²) in [6.07, 6.45) is 1.70. The van der Waals surface area contributed by atoms with Crippen molar-refractivity contribution >= 4 is 17.9 Å². The van der Waals surface area contributed by atoms with Gasteiger partial charge in [-0.1, -0.05) is 27.7 Å². The monoisotopic (exact) mass is 349 g/mol. The van der Waals surface area contributed by atoms with E-state index in [2.05, 4.69) is 53.5 Å². The molecule has 3 aliphatic rings. The standard InChI is InChI=1S/C18H31N5O2/c1-16(2)12(17(16,3)4)20-14(19-6)23-9-7-11(8-10-23)18(5)13(24)21-15(25)22-18/h11-12H,7-10H2,1-6H3,(H,19,20)(H2,21,22,24,25). The number of urea groups is 1. The van der Waals surface area contributed by atoms with E-state index in [1.807, 2.05) is 14.0 Å². The van der Waals surface area contributed by atoms with Crippen molar-refractivity contribution in [3.05, 3.63) is 0 Å². The number of guanidine groups is 1. The Bertz CT molecular complexity index is 605. The van der Waals surface area contributed by atoms with E-state index in [1.165, 1.54) is 0 Å². The van der Waals surface area contributed by atoms with E-state index in [1.54, 1.807) is 0 Å². The summed E-state index contributed by atoms with van der Waals surface area (Å²) in [6.45, 7) is 12.6. The lowest BCUT2D eigenvalue weighted by atomic mass is 9.79. The Hall–Kier alpha value is -1.79. The molecule has 7 heteroatoms. The van der Waals surface area contributed by atoms with Crippen LogP contribution in [-0.2, 0) is 4.79 Å². The largest absolute Gasteiger partial charge is 0.352 e. The maximum absolute atomic E-state index is 12.1.